The molecule has 0 radical (unpaired) electrons. The summed E-state index contributed by atoms with van der Waals surface area (Å²) in [5.41, 5.74) is 4.05. The van der Waals surface area contributed by atoms with Crippen LogP contribution in [0.4, 0.5) is 11.4 Å². The molecule has 0 aliphatic carbocycles. The fourth-order valence-corrected chi connectivity index (χ4v) is 1.26. The van der Waals surface area contributed by atoms with E-state index < -0.39 is 0 Å². The number of anilines is 2. The lowest BCUT2D eigenvalue weighted by Gasteiger charge is -2.09. The van der Waals surface area contributed by atoms with Crippen molar-refractivity contribution >= 4 is 23.2 Å². The number of aliphatic imine (C=N–C) groups is 1. The summed E-state index contributed by atoms with van der Waals surface area (Å²) in [6.45, 7) is 4.02. The Hall–Kier alpha value is -2.08. The van der Waals surface area contributed by atoms with Crippen LogP contribution in [0.15, 0.2) is 29.3 Å². The number of nitrogens with two attached hydrogens (primary N) is 1. The predicted octanol–water partition coefficient (Wildman–Crippen LogP) is 0.896. The van der Waals surface area contributed by atoms with Gasteiger partial charge in [0.1, 0.15) is 0 Å². The Morgan fingerprint density at radius 3 is 2.18 bits per heavy atom. The van der Waals surface area contributed by atoms with Crippen LogP contribution in [0.25, 0.3) is 0 Å². The molecule has 0 unspecified atom stereocenters. The summed E-state index contributed by atoms with van der Waals surface area (Å²) in [5.74, 6) is 5.71. The first-order valence-electron chi connectivity index (χ1n) is 5.31. The van der Waals surface area contributed by atoms with E-state index in [0.717, 1.165) is 11.4 Å². The second-order valence-electron chi connectivity index (χ2n) is 3.35. The van der Waals surface area contributed by atoms with Gasteiger partial charge in [0.25, 0.3) is 0 Å². The molecule has 0 fully saturated rings. The van der Waals surface area contributed by atoms with Crippen molar-refractivity contribution in [3.8, 4) is 0 Å². The van der Waals surface area contributed by atoms with Crippen molar-refractivity contribution in [2.75, 3.05) is 17.2 Å². The van der Waals surface area contributed by atoms with Gasteiger partial charge in [-0.05, 0) is 31.2 Å². The smallest absolute Gasteiger partial charge is 0.221 e. The van der Waals surface area contributed by atoms with E-state index in [0.29, 0.717) is 12.5 Å². The minimum Gasteiger partial charge on any atom is -0.326 e. The van der Waals surface area contributed by atoms with Crippen molar-refractivity contribution in [3.63, 3.8) is 0 Å². The fraction of sp³-hybridized carbons (Fsp3) is 0.273. The van der Waals surface area contributed by atoms with Crippen molar-refractivity contribution in [1.82, 2.24) is 5.43 Å². The summed E-state index contributed by atoms with van der Waals surface area (Å²) < 4.78 is 0. The zero-order chi connectivity index (χ0) is 12.7. The van der Waals surface area contributed by atoms with E-state index in [2.05, 4.69) is 21.1 Å². The summed E-state index contributed by atoms with van der Waals surface area (Å²) in [6, 6.07) is 7.25. The molecule has 0 heterocycles. The number of rotatable bonds is 3. The zero-order valence-electron chi connectivity index (χ0n) is 9.95. The van der Waals surface area contributed by atoms with E-state index in [1.807, 2.05) is 19.1 Å². The average Bonchev–Trinajstić information content (AvgIpc) is 2.30. The van der Waals surface area contributed by atoms with Crippen LogP contribution in [0.1, 0.15) is 13.8 Å². The molecule has 0 atom stereocenters. The Morgan fingerprint density at radius 1 is 1.24 bits per heavy atom. The van der Waals surface area contributed by atoms with E-state index in [-0.39, 0.29) is 5.91 Å². The van der Waals surface area contributed by atoms with Crippen LogP contribution in [0.5, 0.6) is 0 Å². The Balaban J connectivity index is 2.67. The molecule has 0 saturated heterocycles. The van der Waals surface area contributed by atoms with Crippen LogP contribution in [0, 0.1) is 0 Å². The molecular formula is C11H17N5O. The highest BCUT2D eigenvalue weighted by Crippen LogP contribution is 2.13. The Kier molecular flexibility index (Phi) is 4.96. The molecule has 92 valence electrons. The number of amides is 1. The highest BCUT2D eigenvalue weighted by atomic mass is 16.1. The van der Waals surface area contributed by atoms with Crippen LogP contribution >= 0.6 is 0 Å². The number of carbonyl (C=O) groups is 1. The van der Waals surface area contributed by atoms with Crippen LogP contribution < -0.4 is 21.9 Å². The van der Waals surface area contributed by atoms with Gasteiger partial charge in [-0.15, -0.1) is 0 Å². The zero-order valence-corrected chi connectivity index (χ0v) is 9.95. The molecule has 0 aliphatic heterocycles. The van der Waals surface area contributed by atoms with Crippen LogP contribution in [0.3, 0.4) is 0 Å². The van der Waals surface area contributed by atoms with E-state index >= 15 is 0 Å². The third-order valence-corrected chi connectivity index (χ3v) is 1.92. The summed E-state index contributed by atoms with van der Waals surface area (Å²) in [5, 5.41) is 5.70. The van der Waals surface area contributed by atoms with Gasteiger partial charge in [0.15, 0.2) is 0 Å². The summed E-state index contributed by atoms with van der Waals surface area (Å²) in [7, 11) is 0. The quantitative estimate of drug-likeness (QED) is 0.271. The first-order valence-corrected chi connectivity index (χ1v) is 5.31. The minimum atomic E-state index is -0.0948. The molecule has 1 aromatic rings. The Morgan fingerprint density at radius 2 is 1.76 bits per heavy atom. The van der Waals surface area contributed by atoms with Gasteiger partial charge in [0.2, 0.25) is 11.9 Å². The van der Waals surface area contributed by atoms with Crippen LogP contribution in [-0.2, 0) is 4.79 Å². The third-order valence-electron chi connectivity index (χ3n) is 1.92. The van der Waals surface area contributed by atoms with E-state index in [4.69, 9.17) is 5.84 Å². The van der Waals surface area contributed by atoms with Gasteiger partial charge in [-0.2, -0.15) is 0 Å². The number of nitrogens with zero attached hydrogens (tertiary/aromatic N) is 1. The molecule has 6 heteroatoms. The number of hydrogen-bond acceptors (Lipinski definition) is 3. The maximum absolute atomic E-state index is 10.8. The van der Waals surface area contributed by atoms with Crippen LogP contribution in [0.2, 0.25) is 0 Å². The van der Waals surface area contributed by atoms with E-state index in [9.17, 15) is 4.79 Å². The number of guanidine groups is 1. The largest absolute Gasteiger partial charge is 0.326 e. The highest BCUT2D eigenvalue weighted by Gasteiger charge is 1.98. The lowest BCUT2D eigenvalue weighted by Crippen LogP contribution is -2.36. The van der Waals surface area contributed by atoms with E-state index in [1.54, 1.807) is 12.1 Å². The molecule has 1 aromatic carbocycles. The number of benzene rings is 1. The highest BCUT2D eigenvalue weighted by molar-refractivity contribution is 5.94. The second-order valence-corrected chi connectivity index (χ2v) is 3.35. The summed E-state index contributed by atoms with van der Waals surface area (Å²) >= 11 is 0. The second kappa shape index (κ2) is 6.49. The average molecular weight is 235 g/mol. The summed E-state index contributed by atoms with van der Waals surface area (Å²) in [6.07, 6.45) is 0. The lowest BCUT2D eigenvalue weighted by molar-refractivity contribution is -0.114. The molecule has 0 aliphatic rings. The maximum atomic E-state index is 10.8. The number of hydrazine groups is 1. The SMILES string of the molecule is CCN=C(NN)Nc1ccc(NC(C)=O)cc1. The normalized spacial score (nSPS) is 10.9. The monoisotopic (exact) mass is 235 g/mol. The van der Waals surface area contributed by atoms with E-state index in [1.165, 1.54) is 6.92 Å². The molecule has 1 amide bonds. The number of carbonyl (C=O) groups excluding carboxylic acids is 1. The van der Waals surface area contributed by atoms with Crippen molar-refractivity contribution in [3.05, 3.63) is 24.3 Å². The predicted molar refractivity (Wildman–Crippen MR) is 69.7 cm³/mol. The van der Waals surface area contributed by atoms with Gasteiger partial charge in [0, 0.05) is 24.8 Å². The molecule has 0 spiro atoms. The van der Waals surface area contributed by atoms with Crippen molar-refractivity contribution in [2.45, 2.75) is 13.8 Å². The van der Waals surface area contributed by atoms with Gasteiger partial charge in [-0.25, -0.2) is 5.84 Å². The van der Waals surface area contributed by atoms with Crippen molar-refractivity contribution in [1.29, 1.82) is 0 Å². The standard InChI is InChI=1S/C11H17N5O/c1-3-13-11(16-12)15-10-6-4-9(5-7-10)14-8(2)17/h4-7H,3,12H2,1-2H3,(H,14,17)(H2,13,15,16). The molecule has 6 nitrogen and oxygen atoms in total. The van der Waals surface area contributed by atoms with Crippen molar-refractivity contribution in [2.24, 2.45) is 10.8 Å². The molecule has 5 N–H and O–H groups in total. The van der Waals surface area contributed by atoms with Crippen LogP contribution in [-0.4, -0.2) is 18.4 Å². The number of hydrogen-bond donors (Lipinski definition) is 4. The molecule has 0 aromatic heterocycles. The van der Waals surface area contributed by atoms with Gasteiger partial charge in [-0.3, -0.25) is 15.2 Å². The number of nitrogens with one attached hydrogen (secondary N) is 3. The topological polar surface area (TPSA) is 91.5 Å². The van der Waals surface area contributed by atoms with Gasteiger partial charge < -0.3 is 10.6 Å². The Labute approximate surface area is 100 Å². The van der Waals surface area contributed by atoms with Gasteiger partial charge in [-0.1, -0.05) is 0 Å². The fourth-order valence-electron chi connectivity index (χ4n) is 1.26. The minimum absolute atomic E-state index is 0.0948. The maximum Gasteiger partial charge on any atom is 0.221 e. The molecule has 1 rings (SSSR count). The molecular weight excluding hydrogens is 218 g/mol. The molecule has 0 saturated carbocycles. The van der Waals surface area contributed by atoms with Gasteiger partial charge in [0.05, 0.1) is 0 Å². The third kappa shape index (κ3) is 4.52. The van der Waals surface area contributed by atoms with Crippen molar-refractivity contribution < 1.29 is 4.79 Å². The Bertz CT molecular complexity index is 399. The molecule has 0 bridgehead atoms. The van der Waals surface area contributed by atoms with Gasteiger partial charge >= 0.3 is 0 Å². The lowest BCUT2D eigenvalue weighted by atomic mass is 10.3. The first kappa shape index (κ1) is 13.0. The summed E-state index contributed by atoms with van der Waals surface area (Å²) in [4.78, 5) is 14.9. The first-order chi connectivity index (χ1) is 8.15. The molecule has 17 heavy (non-hydrogen) atoms.